The van der Waals surface area contributed by atoms with Crippen LogP contribution in [0.4, 0.5) is 0 Å². The molecule has 2 heterocycles. The molecule has 0 saturated carbocycles. The van der Waals surface area contributed by atoms with Gasteiger partial charge in [-0.05, 0) is 17.7 Å². The maximum absolute atomic E-state index is 9.98. The van der Waals surface area contributed by atoms with E-state index in [1.165, 1.54) is 19.9 Å². The van der Waals surface area contributed by atoms with Crippen LogP contribution in [0, 0.1) is 5.92 Å². The molecule has 0 aromatic heterocycles. The lowest BCUT2D eigenvalue weighted by molar-refractivity contribution is 0.337. The van der Waals surface area contributed by atoms with Crippen LogP contribution < -0.4 is 20.2 Å². The molecule has 2 aliphatic heterocycles. The van der Waals surface area contributed by atoms with Crippen molar-refractivity contribution in [2.75, 3.05) is 27.3 Å². The molecule has 3 N–H and O–H groups in total. The molecule has 20 heavy (non-hydrogen) atoms. The zero-order valence-electron chi connectivity index (χ0n) is 11.6. The predicted molar refractivity (Wildman–Crippen MR) is 75.5 cm³/mol. The van der Waals surface area contributed by atoms with Crippen molar-refractivity contribution >= 4 is 5.71 Å². The van der Waals surface area contributed by atoms with Gasteiger partial charge in [0.25, 0.3) is 0 Å². The lowest BCUT2D eigenvalue weighted by atomic mass is 9.87. The molecule has 1 fully saturated rings. The molecule has 6 nitrogen and oxygen atoms in total. The number of hydrazone groups is 1. The molecule has 1 aromatic carbocycles. The van der Waals surface area contributed by atoms with Gasteiger partial charge in [-0.3, -0.25) is 0 Å². The van der Waals surface area contributed by atoms with Gasteiger partial charge in [0, 0.05) is 31.1 Å². The first-order valence-corrected chi connectivity index (χ1v) is 6.72. The average Bonchev–Trinajstić information content (AvgIpc) is 2.91. The molecule has 0 radical (unpaired) electrons. The number of hydrogen-bond acceptors (Lipinski definition) is 6. The van der Waals surface area contributed by atoms with Crippen molar-refractivity contribution < 1.29 is 14.6 Å². The fraction of sp³-hybridized carbons (Fsp3) is 0.500. The maximum atomic E-state index is 9.98. The van der Waals surface area contributed by atoms with Crippen LogP contribution in [0.1, 0.15) is 18.0 Å². The van der Waals surface area contributed by atoms with Gasteiger partial charge in [0.05, 0.1) is 20.3 Å². The summed E-state index contributed by atoms with van der Waals surface area (Å²) in [6.45, 7) is 1.88. The Kier molecular flexibility index (Phi) is 3.40. The van der Waals surface area contributed by atoms with Crippen molar-refractivity contribution in [2.24, 2.45) is 11.0 Å². The maximum Gasteiger partial charge on any atom is 0.200 e. The Morgan fingerprint density at radius 1 is 1.25 bits per heavy atom. The van der Waals surface area contributed by atoms with Crippen LogP contribution in [0.5, 0.6) is 17.2 Å². The fourth-order valence-electron chi connectivity index (χ4n) is 2.87. The number of methoxy groups -OCH3 is 2. The van der Waals surface area contributed by atoms with Gasteiger partial charge < -0.3 is 25.3 Å². The van der Waals surface area contributed by atoms with E-state index in [1.807, 2.05) is 12.1 Å². The van der Waals surface area contributed by atoms with Gasteiger partial charge in [-0.25, -0.2) is 0 Å². The van der Waals surface area contributed by atoms with Crippen LogP contribution >= 0.6 is 0 Å². The Hall–Kier alpha value is -1.95. The van der Waals surface area contributed by atoms with Gasteiger partial charge in [0.15, 0.2) is 11.5 Å². The summed E-state index contributed by atoms with van der Waals surface area (Å²) in [6, 6.07) is 3.76. The largest absolute Gasteiger partial charge is 0.502 e. The SMILES string of the molecule is COc1cc(C2NN=C3CCNCC32)cc(OC)c1O. The highest BCUT2D eigenvalue weighted by Crippen LogP contribution is 2.41. The van der Waals surface area contributed by atoms with Crippen LogP contribution in [-0.2, 0) is 0 Å². The molecule has 6 heteroatoms. The van der Waals surface area contributed by atoms with E-state index < -0.39 is 0 Å². The Morgan fingerprint density at radius 2 is 1.95 bits per heavy atom. The molecule has 2 atom stereocenters. The lowest BCUT2D eigenvalue weighted by Crippen LogP contribution is -2.38. The van der Waals surface area contributed by atoms with E-state index in [2.05, 4.69) is 15.8 Å². The Morgan fingerprint density at radius 3 is 2.60 bits per heavy atom. The summed E-state index contributed by atoms with van der Waals surface area (Å²) in [6.07, 6.45) is 0.973. The molecule has 2 unspecified atom stereocenters. The summed E-state index contributed by atoms with van der Waals surface area (Å²) < 4.78 is 10.4. The molecule has 0 spiro atoms. The summed E-state index contributed by atoms with van der Waals surface area (Å²) in [5.41, 5.74) is 5.40. The number of phenolic OH excluding ortho intramolecular Hbond substituents is 1. The fourth-order valence-corrected chi connectivity index (χ4v) is 2.87. The predicted octanol–water partition coefficient (Wildman–Crippen LogP) is 1.02. The van der Waals surface area contributed by atoms with Gasteiger partial charge in [-0.2, -0.15) is 5.10 Å². The highest BCUT2D eigenvalue weighted by Gasteiger charge is 2.35. The number of benzene rings is 1. The molecular formula is C14H19N3O3. The molecule has 0 aliphatic carbocycles. The second-order valence-electron chi connectivity index (χ2n) is 5.04. The Labute approximate surface area is 117 Å². The van der Waals surface area contributed by atoms with Crippen molar-refractivity contribution in [3.63, 3.8) is 0 Å². The average molecular weight is 277 g/mol. The third-order valence-electron chi connectivity index (χ3n) is 3.96. The van der Waals surface area contributed by atoms with Gasteiger partial charge in [0.2, 0.25) is 5.75 Å². The highest BCUT2D eigenvalue weighted by atomic mass is 16.5. The number of rotatable bonds is 3. The number of piperidine rings is 1. The third-order valence-corrected chi connectivity index (χ3v) is 3.96. The summed E-state index contributed by atoms with van der Waals surface area (Å²) in [4.78, 5) is 0. The van der Waals surface area contributed by atoms with Crippen molar-refractivity contribution in [2.45, 2.75) is 12.5 Å². The van der Waals surface area contributed by atoms with Crippen molar-refractivity contribution in [1.82, 2.24) is 10.7 Å². The molecule has 2 aliphatic rings. The first-order chi connectivity index (χ1) is 9.74. The number of phenols is 1. The van der Waals surface area contributed by atoms with Gasteiger partial charge in [-0.15, -0.1) is 0 Å². The van der Waals surface area contributed by atoms with Crippen molar-refractivity contribution in [3.8, 4) is 17.2 Å². The monoisotopic (exact) mass is 277 g/mol. The van der Waals surface area contributed by atoms with Gasteiger partial charge in [0.1, 0.15) is 0 Å². The van der Waals surface area contributed by atoms with Crippen molar-refractivity contribution in [1.29, 1.82) is 0 Å². The minimum absolute atomic E-state index is 0.0275. The third kappa shape index (κ3) is 2.06. The quantitative estimate of drug-likeness (QED) is 0.769. The summed E-state index contributed by atoms with van der Waals surface area (Å²) in [7, 11) is 3.06. The number of ether oxygens (including phenoxy) is 2. The normalized spacial score (nSPS) is 24.6. The smallest absolute Gasteiger partial charge is 0.200 e. The molecule has 1 saturated heterocycles. The minimum atomic E-state index is 0.0275. The first kappa shape index (κ1) is 13.1. The standard InChI is InChI=1S/C14H19N3O3/c1-19-11-5-8(6-12(20-2)14(11)18)13-9-7-15-4-3-10(9)16-17-13/h5-6,9,13,15,17-18H,3-4,7H2,1-2H3. The topological polar surface area (TPSA) is 75.1 Å². The van der Waals surface area contributed by atoms with E-state index in [9.17, 15) is 5.11 Å². The minimum Gasteiger partial charge on any atom is -0.502 e. The van der Waals surface area contributed by atoms with E-state index >= 15 is 0 Å². The molecular weight excluding hydrogens is 258 g/mol. The number of aromatic hydroxyl groups is 1. The number of hydrogen-bond donors (Lipinski definition) is 3. The van der Waals surface area contributed by atoms with E-state index in [4.69, 9.17) is 9.47 Å². The zero-order chi connectivity index (χ0) is 14.1. The number of nitrogens with one attached hydrogen (secondary N) is 2. The van der Waals surface area contributed by atoms with Crippen LogP contribution in [0.25, 0.3) is 0 Å². The van der Waals surface area contributed by atoms with E-state index in [1.54, 1.807) is 0 Å². The number of nitrogens with zero attached hydrogens (tertiary/aromatic N) is 1. The Bertz CT molecular complexity index is 519. The second kappa shape index (κ2) is 5.20. The first-order valence-electron chi connectivity index (χ1n) is 6.72. The molecule has 108 valence electrons. The summed E-state index contributed by atoms with van der Waals surface area (Å²) in [5, 5.41) is 17.8. The zero-order valence-corrected chi connectivity index (χ0v) is 11.6. The highest BCUT2D eigenvalue weighted by molar-refractivity contribution is 5.90. The molecule has 0 bridgehead atoms. The van der Waals surface area contributed by atoms with Crippen LogP contribution in [0.3, 0.4) is 0 Å². The van der Waals surface area contributed by atoms with Crippen LogP contribution in [0.2, 0.25) is 0 Å². The Balaban J connectivity index is 1.94. The van der Waals surface area contributed by atoms with Gasteiger partial charge in [-0.1, -0.05) is 0 Å². The van der Waals surface area contributed by atoms with Crippen LogP contribution in [-0.4, -0.2) is 38.1 Å². The van der Waals surface area contributed by atoms with Crippen molar-refractivity contribution in [3.05, 3.63) is 17.7 Å². The second-order valence-corrected chi connectivity index (χ2v) is 5.04. The summed E-state index contributed by atoms with van der Waals surface area (Å²) in [5.74, 6) is 1.19. The van der Waals surface area contributed by atoms with E-state index in [0.717, 1.165) is 25.1 Å². The summed E-state index contributed by atoms with van der Waals surface area (Å²) >= 11 is 0. The lowest BCUT2D eigenvalue weighted by Gasteiger charge is -2.25. The van der Waals surface area contributed by atoms with E-state index in [-0.39, 0.29) is 11.8 Å². The van der Waals surface area contributed by atoms with Gasteiger partial charge >= 0.3 is 0 Å². The van der Waals surface area contributed by atoms with E-state index in [0.29, 0.717) is 17.4 Å². The number of fused-ring (bicyclic) bond motifs is 1. The molecule has 3 rings (SSSR count). The molecule has 1 aromatic rings. The molecule has 0 amide bonds. The van der Waals surface area contributed by atoms with Crippen LogP contribution in [0.15, 0.2) is 17.2 Å².